The predicted octanol–water partition coefficient (Wildman–Crippen LogP) is 6.57. The number of hydrogen-bond acceptors (Lipinski definition) is 11. The number of halogens is 1. The van der Waals surface area contributed by atoms with E-state index in [1.54, 1.807) is 12.1 Å². The summed E-state index contributed by atoms with van der Waals surface area (Å²) in [6.45, 7) is 7.71. The molecule has 0 radical (unpaired) electrons. The SMILES string of the molecule is COc1cc2cc(-c3ccc(OC(C)C)cc3)nc(O[C@@H]3C[C@H]4C(=O)N[C@]5(C(=O)NS(=O)(=O)C6CC6)C[C@H]5/C=C\CC[C@H](C)C[C@@H](C)[C@H](NC(=O)OC5C[C@@H]6C[C@@H]6C5)C(=O)N4C3)c2cc1F. The van der Waals surface area contributed by atoms with E-state index in [1.807, 2.05) is 57.2 Å². The van der Waals surface area contributed by atoms with E-state index in [0.29, 0.717) is 65.3 Å². The van der Waals surface area contributed by atoms with Crippen molar-refractivity contribution < 1.29 is 50.9 Å². The molecule has 5 fully saturated rings. The zero-order valence-corrected chi connectivity index (χ0v) is 38.9. The maximum Gasteiger partial charge on any atom is 0.408 e. The van der Waals surface area contributed by atoms with Crippen LogP contribution < -0.4 is 29.6 Å². The Labute approximate surface area is 385 Å². The van der Waals surface area contributed by atoms with Crippen molar-refractivity contribution in [2.24, 2.45) is 29.6 Å². The Morgan fingerprint density at radius 2 is 1.71 bits per heavy atom. The number of sulfonamides is 1. The van der Waals surface area contributed by atoms with Crippen LogP contribution in [-0.4, -0.2) is 97.0 Å². The van der Waals surface area contributed by atoms with E-state index in [4.69, 9.17) is 23.9 Å². The van der Waals surface area contributed by atoms with Gasteiger partial charge in [0.25, 0.3) is 5.91 Å². The smallest absolute Gasteiger partial charge is 0.408 e. The van der Waals surface area contributed by atoms with Crippen LogP contribution in [0.4, 0.5) is 9.18 Å². The monoisotopic (exact) mass is 929 g/mol. The van der Waals surface area contributed by atoms with Gasteiger partial charge in [-0.15, -0.1) is 0 Å². The Morgan fingerprint density at radius 3 is 2.41 bits per heavy atom. The number of rotatable bonds is 11. The Kier molecular flexibility index (Phi) is 12.4. The molecule has 2 aromatic carbocycles. The van der Waals surface area contributed by atoms with E-state index in [-0.39, 0.29) is 55.1 Å². The lowest BCUT2D eigenvalue weighted by Gasteiger charge is -2.33. The van der Waals surface area contributed by atoms with Gasteiger partial charge in [0.05, 0.1) is 30.7 Å². The van der Waals surface area contributed by atoms with Crippen LogP contribution in [0, 0.1) is 35.4 Å². The summed E-state index contributed by atoms with van der Waals surface area (Å²) in [5.74, 6) is -1.57. The Bertz CT molecular complexity index is 2520. The summed E-state index contributed by atoms with van der Waals surface area (Å²) in [6, 6.07) is 9.65. The Hall–Kier alpha value is -5.45. The van der Waals surface area contributed by atoms with Gasteiger partial charge in [-0.1, -0.05) is 26.0 Å². The summed E-state index contributed by atoms with van der Waals surface area (Å²) in [5, 5.41) is 6.03. The molecule has 9 rings (SSSR count). The first-order chi connectivity index (χ1) is 31.5. The average molecular weight is 930 g/mol. The van der Waals surface area contributed by atoms with Crippen LogP contribution in [0.3, 0.4) is 0 Å². The summed E-state index contributed by atoms with van der Waals surface area (Å²) < 4.78 is 67.5. The molecule has 4 aliphatic carbocycles. The first-order valence-corrected chi connectivity index (χ1v) is 25.0. The van der Waals surface area contributed by atoms with E-state index in [2.05, 4.69) is 22.3 Å². The zero-order valence-electron chi connectivity index (χ0n) is 38.1. The van der Waals surface area contributed by atoms with Crippen molar-refractivity contribution >= 4 is 44.6 Å². The Morgan fingerprint density at radius 1 is 0.970 bits per heavy atom. The number of nitrogens with one attached hydrogen (secondary N) is 3. The predicted molar refractivity (Wildman–Crippen MR) is 242 cm³/mol. The number of ether oxygens (including phenoxy) is 4. The van der Waals surface area contributed by atoms with E-state index in [1.165, 1.54) is 18.1 Å². The minimum absolute atomic E-state index is 0.0154. The largest absolute Gasteiger partial charge is 0.494 e. The number of fused-ring (bicyclic) bond motifs is 4. The molecule has 0 bridgehead atoms. The lowest BCUT2D eigenvalue weighted by Crippen LogP contribution is -2.59. The fraction of sp³-hybridized carbons (Fsp3) is 0.571. The highest BCUT2D eigenvalue weighted by atomic mass is 32.2. The average Bonchev–Trinajstić information content (AvgIpc) is 4.23. The third kappa shape index (κ3) is 9.68. The third-order valence-corrected chi connectivity index (χ3v) is 16.1. The van der Waals surface area contributed by atoms with Gasteiger partial charge in [0.1, 0.15) is 35.6 Å². The van der Waals surface area contributed by atoms with Gasteiger partial charge >= 0.3 is 6.09 Å². The molecule has 6 aliphatic rings. The molecule has 4 saturated carbocycles. The van der Waals surface area contributed by atoms with Crippen molar-refractivity contribution in [1.82, 2.24) is 25.2 Å². The first kappa shape index (κ1) is 45.7. The van der Waals surface area contributed by atoms with Crippen LogP contribution in [0.15, 0.2) is 54.6 Å². The molecule has 15 nitrogen and oxygen atoms in total. The number of carbonyl (C=O) groups is 4. The van der Waals surface area contributed by atoms with Gasteiger partial charge in [-0.25, -0.2) is 22.6 Å². The maximum absolute atomic E-state index is 15.5. The molecule has 66 heavy (non-hydrogen) atoms. The number of carbonyl (C=O) groups excluding carboxylic acids is 4. The van der Waals surface area contributed by atoms with Gasteiger partial charge in [-0.3, -0.25) is 19.1 Å². The minimum Gasteiger partial charge on any atom is -0.494 e. The van der Waals surface area contributed by atoms with E-state index >= 15 is 9.18 Å². The van der Waals surface area contributed by atoms with Crippen molar-refractivity contribution in [3.63, 3.8) is 0 Å². The molecular weight excluding hydrogens is 870 g/mol. The molecule has 3 N–H and O–H groups in total. The summed E-state index contributed by atoms with van der Waals surface area (Å²) >= 11 is 0. The van der Waals surface area contributed by atoms with E-state index < -0.39 is 74.5 Å². The zero-order chi connectivity index (χ0) is 46.7. The Balaban J connectivity index is 1.06. The number of allylic oxidation sites excluding steroid dienone is 1. The van der Waals surface area contributed by atoms with E-state index in [9.17, 15) is 22.8 Å². The summed E-state index contributed by atoms with van der Waals surface area (Å²) in [7, 11) is -2.58. The van der Waals surface area contributed by atoms with Gasteiger partial charge in [0.2, 0.25) is 27.7 Å². The van der Waals surface area contributed by atoms with Gasteiger partial charge in [0.15, 0.2) is 11.6 Å². The molecule has 1 saturated heterocycles. The summed E-state index contributed by atoms with van der Waals surface area (Å²) in [4.78, 5) is 63.8. The molecule has 3 aromatic rings. The van der Waals surface area contributed by atoms with Crippen molar-refractivity contribution in [2.75, 3.05) is 13.7 Å². The number of alkyl carbamates (subject to hydrolysis) is 1. The summed E-state index contributed by atoms with van der Waals surface area (Å²) in [6.07, 6.45) is 7.64. The normalized spacial score (nSPS) is 31.3. The molecular formula is C49H60FN5O10S. The number of methoxy groups -OCH3 is 1. The van der Waals surface area contributed by atoms with Crippen LogP contribution in [0.1, 0.15) is 91.9 Å². The second kappa shape index (κ2) is 18.0. The first-order valence-electron chi connectivity index (χ1n) is 23.4. The molecule has 4 amide bonds. The lowest BCUT2D eigenvalue weighted by atomic mass is 9.88. The molecule has 10 atom stereocenters. The molecule has 3 heterocycles. The molecule has 354 valence electrons. The molecule has 1 aromatic heterocycles. The van der Waals surface area contributed by atoms with Gasteiger partial charge < -0.3 is 34.5 Å². The topological polar surface area (TPSA) is 192 Å². The van der Waals surface area contributed by atoms with Crippen molar-refractivity contribution in [3.05, 3.63) is 60.4 Å². The second-order valence-electron chi connectivity index (χ2n) is 19.8. The van der Waals surface area contributed by atoms with Crippen LogP contribution in [0.5, 0.6) is 17.4 Å². The minimum atomic E-state index is -3.96. The maximum atomic E-state index is 15.5. The number of amides is 4. The standard InChI is InChI=1S/C49H60FN5O10S/c1-26(2)63-34-12-10-29(11-13-34)40-20-32-21-42(62-5)39(50)23-38(32)45(51-40)64-36-22-41-44(56)53-49(47(58)54-66(60,61)37-14-15-37)24-33(49)9-7-6-8-27(3)16-28(4)43(46(57)55(41)25-36)52-48(59)65-35-18-30-17-31(30)19-35/h7,9-13,20-21,23,26-28,30-31,33,35-37,41,43H,6,8,14-19,22,24-25H2,1-5H3,(H,52,59)(H,53,56)(H,54,58)/b9-7-/t27-,28+,30-,31+,33+,35?,36+,41-,43-,49+/m0/s1. The van der Waals surface area contributed by atoms with Crippen molar-refractivity contribution in [1.29, 1.82) is 0 Å². The van der Waals surface area contributed by atoms with Crippen LogP contribution in [0.25, 0.3) is 22.0 Å². The van der Waals surface area contributed by atoms with Crippen LogP contribution >= 0.6 is 0 Å². The number of hydrogen-bond donors (Lipinski definition) is 3. The van der Waals surface area contributed by atoms with Crippen LogP contribution in [0.2, 0.25) is 0 Å². The number of nitrogens with zero attached hydrogens (tertiary/aromatic N) is 2. The highest BCUT2D eigenvalue weighted by Gasteiger charge is 2.62. The number of benzene rings is 2. The molecule has 2 aliphatic heterocycles. The quantitative estimate of drug-likeness (QED) is 0.176. The highest BCUT2D eigenvalue weighted by molar-refractivity contribution is 7.91. The summed E-state index contributed by atoms with van der Waals surface area (Å²) in [5.41, 5.74) is -0.366. The van der Waals surface area contributed by atoms with Crippen LogP contribution in [-0.2, 0) is 29.1 Å². The molecule has 0 spiro atoms. The van der Waals surface area contributed by atoms with Gasteiger partial charge in [0, 0.05) is 23.3 Å². The van der Waals surface area contributed by atoms with Crippen molar-refractivity contribution in [3.8, 4) is 28.6 Å². The fourth-order valence-electron chi connectivity index (χ4n) is 10.3. The van der Waals surface area contributed by atoms with Gasteiger partial charge in [-0.05, 0) is 143 Å². The molecule has 1 unspecified atom stereocenters. The lowest BCUT2D eigenvalue weighted by molar-refractivity contribution is -0.142. The third-order valence-electron chi connectivity index (χ3n) is 14.2. The fourth-order valence-corrected chi connectivity index (χ4v) is 11.7. The number of pyridine rings is 1. The second-order valence-corrected chi connectivity index (χ2v) is 21.8. The number of aromatic nitrogens is 1. The van der Waals surface area contributed by atoms with Crippen molar-refractivity contribution in [2.45, 2.75) is 133 Å². The molecule has 17 heteroatoms. The highest BCUT2D eigenvalue weighted by Crippen LogP contribution is 2.52. The van der Waals surface area contributed by atoms with Gasteiger partial charge in [-0.2, -0.15) is 0 Å². The van der Waals surface area contributed by atoms with E-state index in [0.717, 1.165) is 25.7 Å².